The van der Waals surface area contributed by atoms with Gasteiger partial charge < -0.3 is 16.2 Å². The average Bonchev–Trinajstić information content (AvgIpc) is 3.31. The Kier molecular flexibility index (Phi) is 6.36. The molecule has 0 fully saturated rings. The number of nitrogens with zero attached hydrogens (tertiary/aromatic N) is 2. The number of phenolic OH excluding ortho intramolecular Hbond substituents is 1. The van der Waals surface area contributed by atoms with Crippen molar-refractivity contribution in [3.8, 4) is 11.4 Å². The van der Waals surface area contributed by atoms with E-state index in [1.54, 1.807) is 18.2 Å². The van der Waals surface area contributed by atoms with Gasteiger partial charge in [0.2, 0.25) is 0 Å². The number of nitrogens with one attached hydrogen (secondary N) is 2. The van der Waals surface area contributed by atoms with Gasteiger partial charge in [-0.3, -0.25) is 10.2 Å². The van der Waals surface area contributed by atoms with Gasteiger partial charge >= 0.3 is 0 Å². The Hall–Kier alpha value is -3.32. The Morgan fingerprint density at radius 2 is 1.94 bits per heavy atom. The van der Waals surface area contributed by atoms with Gasteiger partial charge in [-0.2, -0.15) is 5.10 Å². The van der Waals surface area contributed by atoms with Gasteiger partial charge in [0.15, 0.2) is 0 Å². The predicted molar refractivity (Wildman–Crippen MR) is 123 cm³/mol. The van der Waals surface area contributed by atoms with Crippen LogP contribution in [0.25, 0.3) is 5.69 Å². The van der Waals surface area contributed by atoms with Crippen molar-refractivity contribution in [2.45, 2.75) is 39.7 Å². The quantitative estimate of drug-likeness (QED) is 0.360. The number of carbonyl (C=O) groups is 1. The Balaban J connectivity index is 0.00000272. The summed E-state index contributed by atoms with van der Waals surface area (Å²) >= 11 is 0. The van der Waals surface area contributed by atoms with Gasteiger partial charge in [-0.05, 0) is 80.6 Å². The summed E-state index contributed by atoms with van der Waals surface area (Å²) in [6.45, 7) is 4.17. The number of nitrogens with two attached hydrogens (primary N) is 1. The first-order valence-corrected chi connectivity index (χ1v) is 9.98. The minimum atomic E-state index is -0.237. The number of carbonyl (C=O) groups excluding carboxylic acids is 1. The molecule has 0 saturated heterocycles. The largest absolute Gasteiger partial charge is 0.508 e. The lowest BCUT2D eigenvalue weighted by atomic mass is 10.1. The molecule has 1 aromatic heterocycles. The second-order valence-corrected chi connectivity index (χ2v) is 7.72. The van der Waals surface area contributed by atoms with Crippen molar-refractivity contribution in [3.05, 3.63) is 75.6 Å². The van der Waals surface area contributed by atoms with Gasteiger partial charge in [0.1, 0.15) is 11.6 Å². The van der Waals surface area contributed by atoms with Gasteiger partial charge in [-0.1, -0.05) is 0 Å². The number of amidine groups is 1. The Morgan fingerprint density at radius 1 is 1.19 bits per heavy atom. The number of hydrogen-bond donors (Lipinski definition) is 4. The summed E-state index contributed by atoms with van der Waals surface area (Å²) in [7, 11) is 0. The van der Waals surface area contributed by atoms with Gasteiger partial charge in [0, 0.05) is 28.9 Å². The number of rotatable bonds is 5. The van der Waals surface area contributed by atoms with E-state index >= 15 is 0 Å². The number of halogens is 1. The number of amides is 1. The van der Waals surface area contributed by atoms with E-state index in [0.717, 1.165) is 36.2 Å². The highest BCUT2D eigenvalue weighted by atomic mass is 35.5. The van der Waals surface area contributed by atoms with Crippen molar-refractivity contribution in [2.24, 2.45) is 5.73 Å². The maximum atomic E-state index is 12.7. The third-order valence-electron chi connectivity index (χ3n) is 5.65. The highest BCUT2D eigenvalue weighted by Gasteiger charge is 2.22. The molecule has 4 rings (SSSR count). The molecule has 5 N–H and O–H groups in total. The smallest absolute Gasteiger partial charge is 0.251 e. The van der Waals surface area contributed by atoms with Crippen molar-refractivity contribution < 1.29 is 9.90 Å². The van der Waals surface area contributed by atoms with E-state index in [9.17, 15) is 9.90 Å². The van der Waals surface area contributed by atoms with Crippen LogP contribution in [0.3, 0.4) is 0 Å². The molecular weight excluding hydrogens is 414 g/mol. The van der Waals surface area contributed by atoms with E-state index in [0.29, 0.717) is 16.7 Å². The molecule has 162 valence electrons. The molecule has 3 aromatic rings. The van der Waals surface area contributed by atoms with Crippen LogP contribution in [-0.4, -0.2) is 26.6 Å². The predicted octanol–water partition coefficient (Wildman–Crippen LogP) is 3.32. The van der Waals surface area contributed by atoms with E-state index in [2.05, 4.69) is 5.32 Å². The van der Waals surface area contributed by atoms with Crippen molar-refractivity contribution in [2.75, 3.05) is 0 Å². The lowest BCUT2D eigenvalue weighted by Gasteiger charge is -2.12. The van der Waals surface area contributed by atoms with Crippen LogP contribution in [0, 0.1) is 19.3 Å². The number of aromatic nitrogens is 2. The van der Waals surface area contributed by atoms with E-state index < -0.39 is 0 Å². The number of benzene rings is 2. The molecule has 2 aromatic carbocycles. The van der Waals surface area contributed by atoms with Gasteiger partial charge in [-0.25, -0.2) is 4.68 Å². The number of fused-ring (bicyclic) bond motifs is 1. The Morgan fingerprint density at radius 3 is 2.65 bits per heavy atom. The first kappa shape index (κ1) is 22.4. The molecule has 0 spiro atoms. The van der Waals surface area contributed by atoms with Crippen LogP contribution >= 0.6 is 12.4 Å². The SMILES string of the molecule is Cc1cc(C(=O)NCc2cc(C(=N)N)ccc2O)ccc1-n1nc(C)c2c1CCC2.Cl. The van der Waals surface area contributed by atoms with Crippen molar-refractivity contribution >= 4 is 24.1 Å². The second kappa shape index (κ2) is 8.81. The monoisotopic (exact) mass is 439 g/mol. The minimum absolute atomic E-state index is 0. The zero-order valence-corrected chi connectivity index (χ0v) is 18.3. The molecule has 0 atom stereocenters. The van der Waals surface area contributed by atoms with Crippen molar-refractivity contribution in [3.63, 3.8) is 0 Å². The van der Waals surface area contributed by atoms with Crippen LogP contribution < -0.4 is 11.1 Å². The zero-order valence-electron chi connectivity index (χ0n) is 17.5. The number of hydrogen-bond acceptors (Lipinski definition) is 4. The van der Waals surface area contributed by atoms with Crippen LogP contribution in [0.2, 0.25) is 0 Å². The second-order valence-electron chi connectivity index (χ2n) is 7.72. The lowest BCUT2D eigenvalue weighted by molar-refractivity contribution is 0.0950. The molecule has 1 aliphatic rings. The number of phenols is 1. The zero-order chi connectivity index (χ0) is 21.4. The van der Waals surface area contributed by atoms with Crippen LogP contribution in [0.5, 0.6) is 5.75 Å². The maximum absolute atomic E-state index is 12.7. The fraction of sp³-hybridized carbons (Fsp3) is 0.261. The summed E-state index contributed by atoms with van der Waals surface area (Å²) in [5, 5.41) is 25.1. The molecule has 7 nitrogen and oxygen atoms in total. The van der Waals surface area contributed by atoms with Crippen LogP contribution in [0.4, 0.5) is 0 Å². The maximum Gasteiger partial charge on any atom is 0.251 e. The number of aromatic hydroxyl groups is 1. The van der Waals surface area contributed by atoms with Crippen LogP contribution in [0.15, 0.2) is 36.4 Å². The molecular formula is C23H26ClN5O2. The first-order chi connectivity index (χ1) is 14.3. The molecule has 1 aliphatic carbocycles. The summed E-state index contributed by atoms with van der Waals surface area (Å²) in [6, 6.07) is 10.2. The topological polar surface area (TPSA) is 117 Å². The van der Waals surface area contributed by atoms with E-state index in [4.69, 9.17) is 16.2 Å². The number of nitrogen functional groups attached to an aromatic ring is 1. The van der Waals surface area contributed by atoms with Crippen LogP contribution in [0.1, 0.15) is 50.4 Å². The molecule has 8 heteroatoms. The number of aryl methyl sites for hydroxylation is 2. The molecule has 0 bridgehead atoms. The summed E-state index contributed by atoms with van der Waals surface area (Å²) in [5.74, 6) is -0.275. The molecule has 31 heavy (non-hydrogen) atoms. The fourth-order valence-corrected chi connectivity index (χ4v) is 4.03. The van der Waals surface area contributed by atoms with E-state index in [1.807, 2.05) is 30.7 Å². The standard InChI is InChI=1S/C23H25N5O2.ClH/c1-13-10-16(6-8-19(13)28-20-5-3-4-18(20)14(2)27-28)23(30)26-12-17-11-15(22(24)25)7-9-21(17)29;/h6-11,29H,3-5,12H2,1-2H3,(H3,24,25)(H,26,30);1H. The highest BCUT2D eigenvalue weighted by Crippen LogP contribution is 2.28. The first-order valence-electron chi connectivity index (χ1n) is 9.98. The molecule has 0 aliphatic heterocycles. The molecule has 0 radical (unpaired) electrons. The van der Waals surface area contributed by atoms with Crippen molar-refractivity contribution in [1.82, 2.24) is 15.1 Å². The average molecular weight is 440 g/mol. The van der Waals surface area contributed by atoms with Gasteiger partial charge in [0.25, 0.3) is 5.91 Å². The molecule has 0 unspecified atom stereocenters. The lowest BCUT2D eigenvalue weighted by Crippen LogP contribution is -2.23. The third-order valence-corrected chi connectivity index (χ3v) is 5.65. The van der Waals surface area contributed by atoms with Gasteiger partial charge in [-0.15, -0.1) is 12.4 Å². The summed E-state index contributed by atoms with van der Waals surface area (Å²) < 4.78 is 2.01. The summed E-state index contributed by atoms with van der Waals surface area (Å²) in [5.41, 5.74) is 12.7. The summed E-state index contributed by atoms with van der Waals surface area (Å²) in [6.07, 6.45) is 3.27. The molecule has 1 heterocycles. The fourth-order valence-electron chi connectivity index (χ4n) is 4.03. The van der Waals surface area contributed by atoms with Gasteiger partial charge in [0.05, 0.1) is 11.4 Å². The van der Waals surface area contributed by atoms with Crippen molar-refractivity contribution in [1.29, 1.82) is 5.41 Å². The highest BCUT2D eigenvalue weighted by molar-refractivity contribution is 5.96. The Labute approximate surface area is 187 Å². The van der Waals surface area contributed by atoms with E-state index in [-0.39, 0.29) is 36.4 Å². The normalized spacial score (nSPS) is 12.2. The minimum Gasteiger partial charge on any atom is -0.508 e. The molecule has 0 saturated carbocycles. The molecule has 1 amide bonds. The van der Waals surface area contributed by atoms with Crippen LogP contribution in [-0.2, 0) is 19.4 Å². The van der Waals surface area contributed by atoms with E-state index in [1.165, 1.54) is 17.3 Å². The third kappa shape index (κ3) is 4.27. The Bertz CT molecular complexity index is 1170. The summed E-state index contributed by atoms with van der Waals surface area (Å²) in [4.78, 5) is 12.7.